The number of hydrogen-bond donors (Lipinski definition) is 1. The Morgan fingerprint density at radius 1 is 1.09 bits per heavy atom. The molecule has 0 saturated carbocycles. The molecule has 0 aromatic heterocycles. The van der Waals surface area contributed by atoms with Crippen LogP contribution in [0.25, 0.3) is 0 Å². The standard InChI is InChI=1S/C18H21NO3/c1-13-6-4-5-7-16(13)19-18(20)11-8-14-12-15(21-2)9-10-17(14)22-3/h4-7,9-10,12H,8,11H2,1-3H3,(H,19,20). The fraction of sp³-hybridized carbons (Fsp3) is 0.278. The average molecular weight is 299 g/mol. The zero-order chi connectivity index (χ0) is 15.9. The fourth-order valence-corrected chi connectivity index (χ4v) is 2.25. The van der Waals surface area contributed by atoms with Crippen LogP contribution in [0.5, 0.6) is 11.5 Å². The predicted octanol–water partition coefficient (Wildman–Crippen LogP) is 3.58. The van der Waals surface area contributed by atoms with Gasteiger partial charge in [-0.3, -0.25) is 4.79 Å². The summed E-state index contributed by atoms with van der Waals surface area (Å²) in [6.07, 6.45) is 0.982. The lowest BCUT2D eigenvalue weighted by Crippen LogP contribution is -2.13. The van der Waals surface area contributed by atoms with Gasteiger partial charge in [-0.15, -0.1) is 0 Å². The van der Waals surface area contributed by atoms with Crippen molar-refractivity contribution in [1.82, 2.24) is 0 Å². The van der Waals surface area contributed by atoms with E-state index in [4.69, 9.17) is 9.47 Å². The Hall–Kier alpha value is -2.49. The van der Waals surface area contributed by atoms with E-state index < -0.39 is 0 Å². The van der Waals surface area contributed by atoms with E-state index in [9.17, 15) is 4.79 Å². The third kappa shape index (κ3) is 4.01. The molecule has 0 aliphatic rings. The lowest BCUT2D eigenvalue weighted by atomic mass is 10.1. The molecule has 0 heterocycles. The number of benzene rings is 2. The van der Waals surface area contributed by atoms with E-state index in [0.717, 1.165) is 28.3 Å². The number of para-hydroxylation sites is 1. The van der Waals surface area contributed by atoms with Crippen LogP contribution >= 0.6 is 0 Å². The smallest absolute Gasteiger partial charge is 0.224 e. The lowest BCUT2D eigenvalue weighted by molar-refractivity contribution is -0.116. The van der Waals surface area contributed by atoms with E-state index in [2.05, 4.69) is 5.32 Å². The van der Waals surface area contributed by atoms with Gasteiger partial charge in [-0.25, -0.2) is 0 Å². The molecule has 0 spiro atoms. The highest BCUT2D eigenvalue weighted by Crippen LogP contribution is 2.25. The molecular weight excluding hydrogens is 278 g/mol. The summed E-state index contributed by atoms with van der Waals surface area (Å²) in [6.45, 7) is 1.97. The summed E-state index contributed by atoms with van der Waals surface area (Å²) in [5.74, 6) is 1.51. The Bertz CT molecular complexity index is 653. The summed E-state index contributed by atoms with van der Waals surface area (Å²) in [6, 6.07) is 13.3. The average Bonchev–Trinajstić information content (AvgIpc) is 2.54. The van der Waals surface area contributed by atoms with Crippen molar-refractivity contribution in [2.45, 2.75) is 19.8 Å². The van der Waals surface area contributed by atoms with Crippen LogP contribution < -0.4 is 14.8 Å². The zero-order valence-corrected chi connectivity index (χ0v) is 13.2. The molecule has 2 aromatic carbocycles. The summed E-state index contributed by atoms with van der Waals surface area (Å²) >= 11 is 0. The quantitative estimate of drug-likeness (QED) is 0.887. The highest BCUT2D eigenvalue weighted by atomic mass is 16.5. The fourth-order valence-electron chi connectivity index (χ4n) is 2.25. The molecular formula is C18H21NO3. The van der Waals surface area contributed by atoms with Gasteiger partial charge in [0.05, 0.1) is 14.2 Å². The van der Waals surface area contributed by atoms with Crippen LogP contribution in [0.3, 0.4) is 0 Å². The highest BCUT2D eigenvalue weighted by molar-refractivity contribution is 5.91. The highest BCUT2D eigenvalue weighted by Gasteiger charge is 2.09. The van der Waals surface area contributed by atoms with Crippen LogP contribution in [0.2, 0.25) is 0 Å². The minimum atomic E-state index is -0.0147. The monoisotopic (exact) mass is 299 g/mol. The molecule has 1 N–H and O–H groups in total. The molecule has 116 valence electrons. The second-order valence-electron chi connectivity index (χ2n) is 5.04. The predicted molar refractivity (Wildman–Crippen MR) is 87.7 cm³/mol. The Morgan fingerprint density at radius 2 is 1.86 bits per heavy atom. The lowest BCUT2D eigenvalue weighted by Gasteiger charge is -2.11. The number of carbonyl (C=O) groups excluding carboxylic acids is 1. The largest absolute Gasteiger partial charge is 0.497 e. The van der Waals surface area contributed by atoms with Crippen molar-refractivity contribution >= 4 is 11.6 Å². The molecule has 0 fully saturated rings. The Kier molecular flexibility index (Phi) is 5.42. The molecule has 0 saturated heterocycles. The summed E-state index contributed by atoms with van der Waals surface area (Å²) in [5.41, 5.74) is 2.86. The van der Waals surface area contributed by atoms with Crippen molar-refractivity contribution < 1.29 is 14.3 Å². The van der Waals surface area contributed by atoms with Crippen LogP contribution in [0.15, 0.2) is 42.5 Å². The molecule has 22 heavy (non-hydrogen) atoms. The molecule has 0 bridgehead atoms. The number of nitrogens with one attached hydrogen (secondary N) is 1. The number of amides is 1. The maximum absolute atomic E-state index is 12.1. The van der Waals surface area contributed by atoms with Gasteiger partial charge in [0.1, 0.15) is 11.5 Å². The van der Waals surface area contributed by atoms with E-state index in [0.29, 0.717) is 12.8 Å². The third-order valence-corrected chi connectivity index (χ3v) is 3.53. The number of ether oxygens (including phenoxy) is 2. The Balaban J connectivity index is 2.00. The van der Waals surface area contributed by atoms with Crippen LogP contribution in [-0.2, 0) is 11.2 Å². The molecule has 4 heteroatoms. The van der Waals surface area contributed by atoms with Crippen molar-refractivity contribution in [3.63, 3.8) is 0 Å². The van der Waals surface area contributed by atoms with E-state index in [-0.39, 0.29) is 5.91 Å². The molecule has 2 rings (SSSR count). The Labute approximate surface area is 131 Å². The number of hydrogen-bond acceptors (Lipinski definition) is 3. The first-order valence-corrected chi connectivity index (χ1v) is 7.20. The molecule has 0 aliphatic carbocycles. The minimum Gasteiger partial charge on any atom is -0.497 e. The first-order valence-electron chi connectivity index (χ1n) is 7.20. The van der Waals surface area contributed by atoms with Crippen LogP contribution in [0, 0.1) is 6.92 Å². The van der Waals surface area contributed by atoms with Gasteiger partial charge in [-0.1, -0.05) is 18.2 Å². The number of rotatable bonds is 6. The van der Waals surface area contributed by atoms with Gasteiger partial charge in [0.2, 0.25) is 5.91 Å². The summed E-state index contributed by atoms with van der Waals surface area (Å²) in [4.78, 5) is 12.1. The molecule has 0 radical (unpaired) electrons. The summed E-state index contributed by atoms with van der Waals surface area (Å²) < 4.78 is 10.5. The second kappa shape index (κ2) is 7.50. The molecule has 2 aromatic rings. The van der Waals surface area contributed by atoms with Gasteiger partial charge >= 0.3 is 0 Å². The minimum absolute atomic E-state index is 0.0147. The summed E-state index contributed by atoms with van der Waals surface area (Å²) in [7, 11) is 3.25. The van der Waals surface area contributed by atoms with Crippen LogP contribution in [0.1, 0.15) is 17.5 Å². The number of aryl methyl sites for hydroxylation is 2. The van der Waals surface area contributed by atoms with Crippen molar-refractivity contribution in [1.29, 1.82) is 0 Å². The molecule has 1 amide bonds. The molecule has 4 nitrogen and oxygen atoms in total. The first kappa shape index (κ1) is 15.9. The third-order valence-electron chi connectivity index (χ3n) is 3.53. The first-order chi connectivity index (χ1) is 10.6. The van der Waals surface area contributed by atoms with Crippen LogP contribution in [-0.4, -0.2) is 20.1 Å². The zero-order valence-electron chi connectivity index (χ0n) is 13.2. The molecule has 0 aliphatic heterocycles. The van der Waals surface area contributed by atoms with Crippen molar-refractivity contribution in [2.75, 3.05) is 19.5 Å². The normalized spacial score (nSPS) is 10.1. The molecule has 0 unspecified atom stereocenters. The van der Waals surface area contributed by atoms with Gasteiger partial charge in [-0.2, -0.15) is 0 Å². The van der Waals surface area contributed by atoms with Crippen molar-refractivity contribution in [3.8, 4) is 11.5 Å². The maximum atomic E-state index is 12.1. The maximum Gasteiger partial charge on any atom is 0.224 e. The number of methoxy groups -OCH3 is 2. The van der Waals surface area contributed by atoms with E-state index in [1.54, 1.807) is 14.2 Å². The van der Waals surface area contributed by atoms with Gasteiger partial charge in [0.15, 0.2) is 0 Å². The summed E-state index contributed by atoms with van der Waals surface area (Å²) in [5, 5.41) is 2.94. The van der Waals surface area contributed by atoms with Gasteiger partial charge in [0.25, 0.3) is 0 Å². The number of carbonyl (C=O) groups is 1. The second-order valence-corrected chi connectivity index (χ2v) is 5.04. The van der Waals surface area contributed by atoms with E-state index in [1.165, 1.54) is 0 Å². The van der Waals surface area contributed by atoms with E-state index >= 15 is 0 Å². The van der Waals surface area contributed by atoms with Gasteiger partial charge < -0.3 is 14.8 Å². The van der Waals surface area contributed by atoms with E-state index in [1.807, 2.05) is 49.4 Å². The van der Waals surface area contributed by atoms with Gasteiger partial charge in [0, 0.05) is 12.1 Å². The topological polar surface area (TPSA) is 47.6 Å². The Morgan fingerprint density at radius 3 is 2.55 bits per heavy atom. The van der Waals surface area contributed by atoms with Crippen LogP contribution in [0.4, 0.5) is 5.69 Å². The van der Waals surface area contributed by atoms with Gasteiger partial charge in [-0.05, 0) is 48.7 Å². The number of anilines is 1. The SMILES string of the molecule is COc1ccc(OC)c(CCC(=O)Nc2ccccc2C)c1. The molecule has 0 atom stereocenters. The van der Waals surface area contributed by atoms with Crippen molar-refractivity contribution in [2.24, 2.45) is 0 Å². The van der Waals surface area contributed by atoms with Crippen molar-refractivity contribution in [3.05, 3.63) is 53.6 Å².